The van der Waals surface area contributed by atoms with Gasteiger partial charge in [0.05, 0.1) is 5.39 Å². The van der Waals surface area contributed by atoms with Gasteiger partial charge in [-0.15, -0.1) is 11.3 Å². The Morgan fingerprint density at radius 1 is 1.38 bits per heavy atom. The minimum Gasteiger partial charge on any atom is -0.383 e. The van der Waals surface area contributed by atoms with Crippen molar-refractivity contribution in [2.75, 3.05) is 5.73 Å². The van der Waals surface area contributed by atoms with Gasteiger partial charge in [-0.3, -0.25) is 0 Å². The summed E-state index contributed by atoms with van der Waals surface area (Å²) in [4.78, 5) is 10.8. The fourth-order valence-corrected chi connectivity index (χ4v) is 2.50. The maximum Gasteiger partial charge on any atom is 0.179 e. The van der Waals surface area contributed by atoms with Crippen molar-refractivity contribution in [3.8, 4) is 0 Å². The number of nitrogens with two attached hydrogens (primary N) is 1. The van der Waals surface area contributed by atoms with Gasteiger partial charge in [-0.2, -0.15) is 10.2 Å². The fourth-order valence-electron chi connectivity index (χ4n) is 1.61. The average Bonchev–Trinajstić information content (AvgIpc) is 2.84. The first kappa shape index (κ1) is 9.41. The van der Waals surface area contributed by atoms with Crippen LogP contribution in [0, 0.1) is 6.92 Å². The zero-order valence-electron chi connectivity index (χ0n) is 8.64. The topological polar surface area (TPSA) is 76.5 Å². The molecule has 5 nitrogen and oxygen atoms in total. The average molecular weight is 231 g/mol. The standard InChI is InChI=1S/C10H9N5S/c1-5-4-6-8(11)13-9(14-10(6)16-5)7-2-3-12-15-7/h3-4H,2H2,1H3,(H2,11,13,14). The van der Waals surface area contributed by atoms with E-state index in [0.717, 1.165) is 15.9 Å². The lowest BCUT2D eigenvalue weighted by atomic mass is 10.2. The van der Waals surface area contributed by atoms with Crippen LogP contribution in [0.2, 0.25) is 0 Å². The van der Waals surface area contributed by atoms with Crippen molar-refractivity contribution in [2.24, 2.45) is 10.2 Å². The van der Waals surface area contributed by atoms with Crippen molar-refractivity contribution in [1.82, 2.24) is 9.97 Å². The number of nitrogens with zero attached hydrogens (tertiary/aromatic N) is 4. The Balaban J connectivity index is 2.20. The summed E-state index contributed by atoms with van der Waals surface area (Å²) in [5.74, 6) is 1.10. The van der Waals surface area contributed by atoms with Gasteiger partial charge in [0.2, 0.25) is 0 Å². The van der Waals surface area contributed by atoms with E-state index in [1.54, 1.807) is 17.6 Å². The highest BCUT2D eigenvalue weighted by Gasteiger charge is 2.14. The molecule has 1 aliphatic heterocycles. The number of thiophene rings is 1. The summed E-state index contributed by atoms with van der Waals surface area (Å²) in [6.07, 6.45) is 2.41. The molecule has 0 aliphatic carbocycles. The maximum absolute atomic E-state index is 5.90. The second kappa shape index (κ2) is 3.34. The number of fused-ring (bicyclic) bond motifs is 1. The van der Waals surface area contributed by atoms with Gasteiger partial charge in [0, 0.05) is 17.5 Å². The smallest absolute Gasteiger partial charge is 0.179 e. The number of hydrogen-bond donors (Lipinski definition) is 1. The van der Waals surface area contributed by atoms with Gasteiger partial charge >= 0.3 is 0 Å². The number of rotatable bonds is 1. The third kappa shape index (κ3) is 1.38. The Morgan fingerprint density at radius 2 is 2.25 bits per heavy atom. The highest BCUT2D eigenvalue weighted by molar-refractivity contribution is 7.18. The molecule has 0 saturated heterocycles. The van der Waals surface area contributed by atoms with Gasteiger partial charge in [0.1, 0.15) is 16.4 Å². The number of aryl methyl sites for hydroxylation is 1. The molecule has 0 bridgehead atoms. The Kier molecular flexibility index (Phi) is 1.97. The molecule has 0 amide bonds. The van der Waals surface area contributed by atoms with Crippen molar-refractivity contribution < 1.29 is 0 Å². The van der Waals surface area contributed by atoms with Crippen LogP contribution in [0.5, 0.6) is 0 Å². The summed E-state index contributed by atoms with van der Waals surface area (Å²) in [6, 6.07) is 2.01. The van der Waals surface area contributed by atoms with Crippen molar-refractivity contribution >= 4 is 39.3 Å². The fraction of sp³-hybridized carbons (Fsp3) is 0.200. The van der Waals surface area contributed by atoms with E-state index in [1.165, 1.54) is 4.88 Å². The number of hydrogen-bond acceptors (Lipinski definition) is 6. The largest absolute Gasteiger partial charge is 0.383 e. The zero-order chi connectivity index (χ0) is 11.1. The summed E-state index contributed by atoms with van der Waals surface area (Å²) in [6.45, 7) is 2.03. The van der Waals surface area contributed by atoms with E-state index in [1.807, 2.05) is 13.0 Å². The lowest BCUT2D eigenvalue weighted by Gasteiger charge is -2.00. The van der Waals surface area contributed by atoms with Crippen LogP contribution in [0.25, 0.3) is 10.2 Å². The van der Waals surface area contributed by atoms with Gasteiger partial charge in [0.15, 0.2) is 5.82 Å². The molecule has 0 aromatic carbocycles. The summed E-state index contributed by atoms with van der Waals surface area (Å²) in [5, 5.41) is 8.69. The predicted molar refractivity (Wildman–Crippen MR) is 66.2 cm³/mol. The van der Waals surface area contributed by atoms with E-state index < -0.39 is 0 Å². The van der Waals surface area contributed by atoms with Gasteiger partial charge in [-0.25, -0.2) is 9.97 Å². The number of nitrogen functional groups attached to an aromatic ring is 1. The van der Waals surface area contributed by atoms with Gasteiger partial charge in [-0.1, -0.05) is 0 Å². The predicted octanol–water partition coefficient (Wildman–Crippen LogP) is 1.76. The molecule has 0 saturated carbocycles. The lowest BCUT2D eigenvalue weighted by molar-refractivity contribution is 1.17. The van der Waals surface area contributed by atoms with Gasteiger partial charge in [0.25, 0.3) is 0 Å². The summed E-state index contributed by atoms with van der Waals surface area (Å²) >= 11 is 1.61. The summed E-state index contributed by atoms with van der Waals surface area (Å²) in [7, 11) is 0. The van der Waals surface area contributed by atoms with E-state index >= 15 is 0 Å². The van der Waals surface area contributed by atoms with Gasteiger partial charge in [-0.05, 0) is 13.0 Å². The minimum absolute atomic E-state index is 0.513. The Bertz CT molecular complexity index is 625. The van der Waals surface area contributed by atoms with Crippen LogP contribution in [-0.4, -0.2) is 21.9 Å². The first-order valence-electron chi connectivity index (χ1n) is 4.86. The molecule has 16 heavy (non-hydrogen) atoms. The van der Waals surface area contributed by atoms with Crippen molar-refractivity contribution in [3.63, 3.8) is 0 Å². The van der Waals surface area contributed by atoms with Crippen molar-refractivity contribution in [3.05, 3.63) is 16.8 Å². The van der Waals surface area contributed by atoms with E-state index in [-0.39, 0.29) is 0 Å². The molecule has 1 aliphatic rings. The van der Waals surface area contributed by atoms with E-state index in [2.05, 4.69) is 20.2 Å². The molecule has 2 aromatic heterocycles. The van der Waals surface area contributed by atoms with Crippen LogP contribution in [0.4, 0.5) is 5.82 Å². The summed E-state index contributed by atoms with van der Waals surface area (Å²) in [5.41, 5.74) is 6.68. The van der Waals surface area contributed by atoms with Crippen LogP contribution in [0.1, 0.15) is 17.1 Å². The van der Waals surface area contributed by atoms with Crippen LogP contribution < -0.4 is 5.73 Å². The minimum atomic E-state index is 0.513. The molecule has 0 radical (unpaired) electrons. The zero-order valence-corrected chi connectivity index (χ0v) is 9.45. The Hall–Kier alpha value is -1.82. The Labute approximate surface area is 95.7 Å². The molecule has 0 fully saturated rings. The SMILES string of the molecule is Cc1cc2c(N)nc(C3=NN=CC3)nc2s1. The second-order valence-corrected chi connectivity index (χ2v) is 4.79. The molecular weight excluding hydrogens is 222 g/mol. The molecule has 2 aromatic rings. The Morgan fingerprint density at radius 3 is 3.00 bits per heavy atom. The van der Waals surface area contributed by atoms with Crippen molar-refractivity contribution in [1.29, 1.82) is 0 Å². The molecule has 0 atom stereocenters. The third-order valence-electron chi connectivity index (χ3n) is 2.35. The molecule has 2 N–H and O–H groups in total. The molecule has 80 valence electrons. The van der Waals surface area contributed by atoms with Gasteiger partial charge < -0.3 is 5.73 Å². The van der Waals surface area contributed by atoms with E-state index in [0.29, 0.717) is 18.1 Å². The highest BCUT2D eigenvalue weighted by Crippen LogP contribution is 2.27. The first-order valence-corrected chi connectivity index (χ1v) is 5.68. The van der Waals surface area contributed by atoms with Crippen molar-refractivity contribution in [2.45, 2.75) is 13.3 Å². The van der Waals surface area contributed by atoms with E-state index in [9.17, 15) is 0 Å². The van der Waals surface area contributed by atoms with Crippen LogP contribution in [0.3, 0.4) is 0 Å². The number of anilines is 1. The number of aromatic nitrogens is 2. The molecular formula is C10H9N5S. The second-order valence-electron chi connectivity index (χ2n) is 3.56. The van der Waals surface area contributed by atoms with Crippen LogP contribution in [-0.2, 0) is 0 Å². The lowest BCUT2D eigenvalue weighted by Crippen LogP contribution is -2.06. The molecule has 0 unspecified atom stereocenters. The molecule has 6 heteroatoms. The molecule has 3 heterocycles. The third-order valence-corrected chi connectivity index (χ3v) is 3.29. The van der Waals surface area contributed by atoms with E-state index in [4.69, 9.17) is 5.73 Å². The molecule has 3 rings (SSSR count). The first-order chi connectivity index (χ1) is 7.74. The highest BCUT2D eigenvalue weighted by atomic mass is 32.1. The maximum atomic E-state index is 5.90. The summed E-state index contributed by atoms with van der Waals surface area (Å²) < 4.78 is 0. The normalized spacial score (nSPS) is 14.7. The quantitative estimate of drug-likeness (QED) is 0.812. The van der Waals surface area contributed by atoms with Crippen LogP contribution in [0.15, 0.2) is 16.3 Å². The molecule has 0 spiro atoms. The monoisotopic (exact) mass is 231 g/mol. The van der Waals surface area contributed by atoms with Crippen LogP contribution >= 0.6 is 11.3 Å².